The Bertz CT molecular complexity index is 300. The Morgan fingerprint density at radius 2 is 2.31 bits per heavy atom. The van der Waals surface area contributed by atoms with Crippen LogP contribution in [0.2, 0.25) is 0 Å². The maximum Gasteiger partial charge on any atom is 0.240 e. The minimum absolute atomic E-state index is 0.176. The second kappa shape index (κ2) is 6.00. The molecule has 0 spiro atoms. The van der Waals surface area contributed by atoms with Crippen molar-refractivity contribution in [2.75, 3.05) is 13.2 Å². The maximum absolute atomic E-state index is 11.7. The molecule has 0 aromatic heterocycles. The van der Waals surface area contributed by atoms with Crippen LogP contribution in [0.4, 0.5) is 0 Å². The van der Waals surface area contributed by atoms with Crippen molar-refractivity contribution in [3.63, 3.8) is 0 Å². The number of hydrogen-bond donors (Lipinski definition) is 2. The van der Waals surface area contributed by atoms with E-state index in [4.69, 9.17) is 10.5 Å². The lowest BCUT2D eigenvalue weighted by Gasteiger charge is -2.17. The van der Waals surface area contributed by atoms with Crippen LogP contribution in [0.25, 0.3) is 0 Å². The van der Waals surface area contributed by atoms with Crippen molar-refractivity contribution in [2.24, 2.45) is 11.7 Å². The Morgan fingerprint density at radius 3 is 2.75 bits per heavy atom. The van der Waals surface area contributed by atoms with Gasteiger partial charge in [0.15, 0.2) is 0 Å². The standard InChI is InChI=1S/C10H15BrN2O3/c1-6(11)4-8(9(12)14)13-10(15)7-2-3-16-5-7/h7-8H,1-5H2,(H2,12,14)(H,13,15)/t7-,8+/m1/s1. The highest BCUT2D eigenvalue weighted by atomic mass is 79.9. The van der Waals surface area contributed by atoms with E-state index < -0.39 is 11.9 Å². The highest BCUT2D eigenvalue weighted by Crippen LogP contribution is 2.14. The lowest BCUT2D eigenvalue weighted by molar-refractivity contribution is -0.129. The van der Waals surface area contributed by atoms with Crippen LogP contribution in [0, 0.1) is 5.92 Å². The van der Waals surface area contributed by atoms with Crippen LogP contribution in [0.5, 0.6) is 0 Å². The van der Waals surface area contributed by atoms with Gasteiger partial charge < -0.3 is 15.8 Å². The second-order valence-electron chi connectivity index (χ2n) is 3.75. The molecule has 0 saturated carbocycles. The molecule has 1 fully saturated rings. The molecule has 2 atom stereocenters. The van der Waals surface area contributed by atoms with E-state index in [2.05, 4.69) is 27.8 Å². The van der Waals surface area contributed by atoms with Gasteiger partial charge in [0.2, 0.25) is 11.8 Å². The fraction of sp³-hybridized carbons (Fsp3) is 0.600. The van der Waals surface area contributed by atoms with Gasteiger partial charge >= 0.3 is 0 Å². The number of nitrogens with one attached hydrogen (secondary N) is 1. The van der Waals surface area contributed by atoms with Gasteiger partial charge in [-0.15, -0.1) is 0 Å². The minimum atomic E-state index is -0.708. The van der Waals surface area contributed by atoms with Crippen LogP contribution in [0.3, 0.4) is 0 Å². The van der Waals surface area contributed by atoms with Gasteiger partial charge in [-0.2, -0.15) is 0 Å². The monoisotopic (exact) mass is 290 g/mol. The van der Waals surface area contributed by atoms with Crippen molar-refractivity contribution >= 4 is 27.7 Å². The smallest absolute Gasteiger partial charge is 0.240 e. The van der Waals surface area contributed by atoms with E-state index in [1.54, 1.807) is 0 Å². The first-order valence-electron chi connectivity index (χ1n) is 5.01. The first-order chi connectivity index (χ1) is 7.50. The molecule has 1 aliphatic rings. The van der Waals surface area contributed by atoms with Gasteiger partial charge in [0.05, 0.1) is 12.5 Å². The number of ether oxygens (including phenoxy) is 1. The summed E-state index contributed by atoms with van der Waals surface area (Å²) in [7, 11) is 0. The normalized spacial score (nSPS) is 21.4. The zero-order valence-corrected chi connectivity index (χ0v) is 10.5. The Balaban J connectivity index is 2.50. The molecule has 0 aromatic carbocycles. The number of halogens is 1. The zero-order valence-electron chi connectivity index (χ0n) is 8.87. The van der Waals surface area contributed by atoms with Crippen LogP contribution >= 0.6 is 15.9 Å². The first kappa shape index (κ1) is 13.2. The summed E-state index contributed by atoms with van der Waals surface area (Å²) in [6, 6.07) is -0.708. The van der Waals surface area contributed by atoms with Gasteiger partial charge in [-0.05, 0) is 10.9 Å². The zero-order chi connectivity index (χ0) is 12.1. The van der Waals surface area contributed by atoms with Gasteiger partial charge in [0.1, 0.15) is 6.04 Å². The summed E-state index contributed by atoms with van der Waals surface area (Å²) in [5.74, 6) is -0.923. The molecule has 90 valence electrons. The predicted molar refractivity (Wildman–Crippen MR) is 62.7 cm³/mol. The minimum Gasteiger partial charge on any atom is -0.381 e. The van der Waals surface area contributed by atoms with Crippen molar-refractivity contribution < 1.29 is 14.3 Å². The summed E-state index contributed by atoms with van der Waals surface area (Å²) >= 11 is 3.14. The molecule has 0 aliphatic carbocycles. The van der Waals surface area contributed by atoms with Crippen molar-refractivity contribution in [1.82, 2.24) is 5.32 Å². The van der Waals surface area contributed by atoms with Crippen LogP contribution in [-0.4, -0.2) is 31.1 Å². The molecule has 1 rings (SSSR count). The Labute approximate surface area is 103 Å². The van der Waals surface area contributed by atoms with Gasteiger partial charge in [0, 0.05) is 13.0 Å². The molecule has 1 heterocycles. The number of amides is 2. The Hall–Kier alpha value is -0.880. The molecule has 16 heavy (non-hydrogen) atoms. The topological polar surface area (TPSA) is 81.4 Å². The fourth-order valence-corrected chi connectivity index (χ4v) is 1.80. The molecular formula is C10H15BrN2O3. The average molecular weight is 291 g/mol. The maximum atomic E-state index is 11.7. The summed E-state index contributed by atoms with van der Waals surface area (Å²) in [5.41, 5.74) is 5.19. The number of primary amides is 1. The lowest BCUT2D eigenvalue weighted by Crippen LogP contribution is -2.46. The van der Waals surface area contributed by atoms with Crippen LogP contribution < -0.4 is 11.1 Å². The summed E-state index contributed by atoms with van der Waals surface area (Å²) < 4.78 is 5.72. The van der Waals surface area contributed by atoms with Gasteiger partial charge in [-0.3, -0.25) is 9.59 Å². The molecule has 5 nitrogen and oxygen atoms in total. The van der Waals surface area contributed by atoms with E-state index >= 15 is 0 Å². The van der Waals surface area contributed by atoms with E-state index in [0.717, 1.165) is 0 Å². The average Bonchev–Trinajstić information content (AvgIpc) is 2.68. The van der Waals surface area contributed by atoms with Crippen molar-refractivity contribution in [3.05, 3.63) is 11.1 Å². The number of rotatable bonds is 5. The van der Waals surface area contributed by atoms with E-state index in [0.29, 0.717) is 30.5 Å². The van der Waals surface area contributed by atoms with Gasteiger partial charge in [-0.25, -0.2) is 0 Å². The molecule has 0 aromatic rings. The summed E-state index contributed by atoms with van der Waals surface area (Å²) in [4.78, 5) is 22.8. The third-order valence-corrected chi connectivity index (χ3v) is 2.71. The number of nitrogens with two attached hydrogens (primary N) is 1. The molecule has 1 aliphatic heterocycles. The summed E-state index contributed by atoms with van der Waals surface area (Å²) in [6.07, 6.45) is 0.987. The molecule has 1 saturated heterocycles. The Kier molecular flexibility index (Phi) is 4.95. The Morgan fingerprint density at radius 1 is 1.62 bits per heavy atom. The fourth-order valence-electron chi connectivity index (χ4n) is 1.48. The largest absolute Gasteiger partial charge is 0.381 e. The van der Waals surface area contributed by atoms with E-state index in [-0.39, 0.29) is 11.8 Å². The second-order valence-corrected chi connectivity index (χ2v) is 4.87. The van der Waals surface area contributed by atoms with E-state index in [1.165, 1.54) is 0 Å². The third-order valence-electron chi connectivity index (χ3n) is 2.39. The predicted octanol–water partition coefficient (Wildman–Crippen LogP) is 0.292. The molecule has 0 unspecified atom stereocenters. The quantitative estimate of drug-likeness (QED) is 0.764. The summed E-state index contributed by atoms with van der Waals surface area (Å²) in [6.45, 7) is 4.61. The molecule has 0 bridgehead atoms. The van der Waals surface area contributed by atoms with Gasteiger partial charge in [-0.1, -0.05) is 22.5 Å². The van der Waals surface area contributed by atoms with E-state index in [9.17, 15) is 9.59 Å². The molecule has 2 amide bonds. The molecule has 3 N–H and O–H groups in total. The highest BCUT2D eigenvalue weighted by Gasteiger charge is 2.27. The van der Waals surface area contributed by atoms with Crippen LogP contribution in [0.1, 0.15) is 12.8 Å². The van der Waals surface area contributed by atoms with Crippen molar-refractivity contribution in [1.29, 1.82) is 0 Å². The molecule has 6 heteroatoms. The van der Waals surface area contributed by atoms with Crippen LogP contribution in [-0.2, 0) is 14.3 Å². The highest BCUT2D eigenvalue weighted by molar-refractivity contribution is 9.11. The SMILES string of the molecule is C=C(Br)C[C@H](NC(=O)[C@@H]1CCOC1)C(N)=O. The third kappa shape index (κ3) is 3.94. The molecule has 0 radical (unpaired) electrons. The number of carbonyl (C=O) groups is 2. The molecular weight excluding hydrogens is 276 g/mol. The first-order valence-corrected chi connectivity index (χ1v) is 5.80. The van der Waals surface area contributed by atoms with Crippen molar-refractivity contribution in [2.45, 2.75) is 18.9 Å². The number of hydrogen-bond acceptors (Lipinski definition) is 3. The lowest BCUT2D eigenvalue weighted by atomic mass is 10.1. The summed E-state index contributed by atoms with van der Waals surface area (Å²) in [5, 5.41) is 2.61. The van der Waals surface area contributed by atoms with Gasteiger partial charge in [0.25, 0.3) is 0 Å². The number of carbonyl (C=O) groups excluding carboxylic acids is 2. The van der Waals surface area contributed by atoms with E-state index in [1.807, 2.05) is 0 Å². The van der Waals surface area contributed by atoms with Crippen molar-refractivity contribution in [3.8, 4) is 0 Å². The van der Waals surface area contributed by atoms with Crippen LogP contribution in [0.15, 0.2) is 11.1 Å².